The van der Waals surface area contributed by atoms with E-state index >= 15 is 0 Å². The first-order valence-corrected chi connectivity index (χ1v) is 12.7. The van der Waals surface area contributed by atoms with Crippen molar-refractivity contribution in [2.75, 3.05) is 0 Å². The van der Waals surface area contributed by atoms with Gasteiger partial charge < -0.3 is 4.74 Å². The number of rotatable bonds is 3. The molecule has 8 aromatic rings. The van der Waals surface area contributed by atoms with E-state index in [1.807, 2.05) is 48.8 Å². The SMILES string of the molecule is c1ccc(-n2c3ccccc3c3ccc(Oc4ccc5ccc6ccc7cccnc7c6c5c4)cc32)nc1. The van der Waals surface area contributed by atoms with Crippen LogP contribution in [0.4, 0.5) is 0 Å². The molecule has 0 unspecified atom stereocenters. The molecular weight excluding hydrogens is 466 g/mol. The number of aromatic nitrogens is 3. The Morgan fingerprint density at radius 2 is 1.24 bits per heavy atom. The molecule has 8 rings (SSSR count). The third-order valence-corrected chi connectivity index (χ3v) is 7.30. The molecule has 3 heterocycles. The van der Waals surface area contributed by atoms with Crippen LogP contribution >= 0.6 is 0 Å². The largest absolute Gasteiger partial charge is 0.457 e. The van der Waals surface area contributed by atoms with Crippen molar-refractivity contribution in [1.29, 1.82) is 0 Å². The van der Waals surface area contributed by atoms with Gasteiger partial charge in [-0.25, -0.2) is 4.98 Å². The van der Waals surface area contributed by atoms with Gasteiger partial charge in [0.1, 0.15) is 17.3 Å². The molecule has 0 saturated heterocycles. The summed E-state index contributed by atoms with van der Waals surface area (Å²) in [5.74, 6) is 2.45. The van der Waals surface area contributed by atoms with Crippen LogP contribution in [-0.2, 0) is 0 Å². The van der Waals surface area contributed by atoms with Gasteiger partial charge in [-0.05, 0) is 64.7 Å². The predicted molar refractivity (Wildman–Crippen MR) is 155 cm³/mol. The Balaban J connectivity index is 1.30. The number of benzene rings is 5. The third kappa shape index (κ3) is 3.17. The molecule has 4 heteroatoms. The van der Waals surface area contributed by atoms with E-state index in [1.165, 1.54) is 16.2 Å². The lowest BCUT2D eigenvalue weighted by atomic mass is 9.99. The van der Waals surface area contributed by atoms with Crippen LogP contribution in [0.15, 0.2) is 128 Å². The standard InChI is InChI=1S/C34H21N3O/c1-2-8-30-27(7-1)28-17-16-26(21-31(28)37(30)32-9-3-4-18-35-32)38-25-15-14-22-10-11-23-12-13-24-6-5-19-36-34(24)33(23)29(22)20-25/h1-21H. The number of hydrogen-bond donors (Lipinski definition) is 0. The Labute approximate surface area is 218 Å². The quantitative estimate of drug-likeness (QED) is 0.234. The Morgan fingerprint density at radius 1 is 0.500 bits per heavy atom. The number of nitrogens with zero attached hydrogens (tertiary/aromatic N) is 3. The van der Waals surface area contributed by atoms with Gasteiger partial charge in [0.15, 0.2) is 0 Å². The zero-order valence-corrected chi connectivity index (χ0v) is 20.4. The number of fused-ring (bicyclic) bond motifs is 8. The van der Waals surface area contributed by atoms with E-state index in [9.17, 15) is 0 Å². The highest BCUT2D eigenvalue weighted by Crippen LogP contribution is 2.37. The van der Waals surface area contributed by atoms with Gasteiger partial charge in [-0.1, -0.05) is 60.7 Å². The van der Waals surface area contributed by atoms with Crippen LogP contribution in [0.3, 0.4) is 0 Å². The number of pyridine rings is 2. The van der Waals surface area contributed by atoms with Gasteiger partial charge in [0.05, 0.1) is 16.6 Å². The predicted octanol–water partition coefficient (Wildman–Crippen LogP) is 8.83. The second-order valence-electron chi connectivity index (χ2n) is 9.51. The number of para-hydroxylation sites is 1. The topological polar surface area (TPSA) is 39.9 Å². The Morgan fingerprint density at radius 3 is 2.16 bits per heavy atom. The summed E-state index contributed by atoms with van der Waals surface area (Å²) in [6.07, 6.45) is 3.69. The lowest BCUT2D eigenvalue weighted by Gasteiger charge is -2.11. The summed E-state index contributed by atoms with van der Waals surface area (Å²) in [6, 6.07) is 39.7. The molecule has 0 aliphatic rings. The summed E-state index contributed by atoms with van der Waals surface area (Å²) in [5, 5.41) is 8.10. The smallest absolute Gasteiger partial charge is 0.137 e. The molecule has 0 atom stereocenters. The molecule has 3 aromatic heterocycles. The van der Waals surface area contributed by atoms with E-state index in [1.54, 1.807) is 0 Å². The first kappa shape index (κ1) is 20.9. The first-order chi connectivity index (χ1) is 18.8. The van der Waals surface area contributed by atoms with E-state index in [2.05, 4.69) is 88.4 Å². The molecule has 4 nitrogen and oxygen atoms in total. The maximum absolute atomic E-state index is 6.49. The summed E-state index contributed by atoms with van der Waals surface area (Å²) in [5.41, 5.74) is 3.19. The maximum atomic E-state index is 6.49. The fourth-order valence-corrected chi connectivity index (χ4v) is 5.61. The molecule has 0 radical (unpaired) electrons. The van der Waals surface area contributed by atoms with Crippen LogP contribution in [-0.4, -0.2) is 14.5 Å². The molecule has 0 fully saturated rings. The van der Waals surface area contributed by atoms with Crippen molar-refractivity contribution in [3.05, 3.63) is 128 Å². The van der Waals surface area contributed by atoms with Gasteiger partial charge in [0.2, 0.25) is 0 Å². The summed E-state index contributed by atoms with van der Waals surface area (Å²) in [4.78, 5) is 9.36. The van der Waals surface area contributed by atoms with Crippen molar-refractivity contribution in [3.8, 4) is 17.3 Å². The summed E-state index contributed by atoms with van der Waals surface area (Å²) >= 11 is 0. The van der Waals surface area contributed by atoms with Crippen molar-refractivity contribution < 1.29 is 4.74 Å². The van der Waals surface area contributed by atoms with E-state index in [4.69, 9.17) is 9.72 Å². The Bertz CT molecular complexity index is 2160. The highest BCUT2D eigenvalue weighted by atomic mass is 16.5. The molecule has 0 aliphatic heterocycles. The van der Waals surface area contributed by atoms with Crippen LogP contribution in [0.25, 0.3) is 60.1 Å². The van der Waals surface area contributed by atoms with E-state index < -0.39 is 0 Å². The second-order valence-corrected chi connectivity index (χ2v) is 9.51. The van der Waals surface area contributed by atoms with Gasteiger partial charge in [-0.3, -0.25) is 9.55 Å². The van der Waals surface area contributed by atoms with Crippen molar-refractivity contribution in [2.45, 2.75) is 0 Å². The average Bonchev–Trinajstić information content (AvgIpc) is 3.31. The summed E-state index contributed by atoms with van der Waals surface area (Å²) in [6.45, 7) is 0. The van der Waals surface area contributed by atoms with Crippen molar-refractivity contribution >= 4 is 54.3 Å². The van der Waals surface area contributed by atoms with Gasteiger partial charge in [-0.15, -0.1) is 0 Å². The maximum Gasteiger partial charge on any atom is 0.137 e. The van der Waals surface area contributed by atoms with Crippen LogP contribution in [0, 0.1) is 0 Å². The van der Waals surface area contributed by atoms with Gasteiger partial charge >= 0.3 is 0 Å². The second kappa shape index (κ2) is 8.15. The van der Waals surface area contributed by atoms with Gasteiger partial charge in [0, 0.05) is 40.0 Å². The lowest BCUT2D eigenvalue weighted by Crippen LogP contribution is -1.96. The van der Waals surface area contributed by atoms with Crippen LogP contribution < -0.4 is 4.74 Å². The lowest BCUT2D eigenvalue weighted by molar-refractivity contribution is 0.484. The molecule has 0 bridgehead atoms. The molecule has 5 aromatic carbocycles. The van der Waals surface area contributed by atoms with Crippen LogP contribution in [0.1, 0.15) is 0 Å². The third-order valence-electron chi connectivity index (χ3n) is 7.30. The van der Waals surface area contributed by atoms with E-state index in [0.717, 1.165) is 55.4 Å². The summed E-state index contributed by atoms with van der Waals surface area (Å²) < 4.78 is 8.69. The highest BCUT2D eigenvalue weighted by Gasteiger charge is 2.14. The normalized spacial score (nSPS) is 11.7. The minimum Gasteiger partial charge on any atom is -0.457 e. The molecule has 178 valence electrons. The highest BCUT2D eigenvalue weighted by molar-refractivity contribution is 6.19. The Hall–Kier alpha value is -5.22. The molecule has 0 amide bonds. The van der Waals surface area contributed by atoms with Gasteiger partial charge in [-0.2, -0.15) is 0 Å². The number of hydrogen-bond acceptors (Lipinski definition) is 3. The molecular formula is C34H21N3O. The fraction of sp³-hybridized carbons (Fsp3) is 0. The monoisotopic (exact) mass is 487 g/mol. The molecule has 38 heavy (non-hydrogen) atoms. The van der Waals surface area contributed by atoms with Crippen molar-refractivity contribution in [2.24, 2.45) is 0 Å². The molecule has 0 saturated carbocycles. The zero-order valence-electron chi connectivity index (χ0n) is 20.4. The number of ether oxygens (including phenoxy) is 1. The van der Waals surface area contributed by atoms with Crippen LogP contribution in [0.2, 0.25) is 0 Å². The average molecular weight is 488 g/mol. The van der Waals surface area contributed by atoms with E-state index in [-0.39, 0.29) is 0 Å². The minimum absolute atomic E-state index is 0.778. The van der Waals surface area contributed by atoms with Crippen LogP contribution in [0.5, 0.6) is 11.5 Å². The fourth-order valence-electron chi connectivity index (χ4n) is 5.61. The zero-order chi connectivity index (χ0) is 25.1. The van der Waals surface area contributed by atoms with E-state index in [0.29, 0.717) is 0 Å². The Kier molecular flexibility index (Phi) is 4.49. The summed E-state index contributed by atoms with van der Waals surface area (Å²) in [7, 11) is 0. The van der Waals surface area contributed by atoms with Crippen molar-refractivity contribution in [3.63, 3.8) is 0 Å². The first-order valence-electron chi connectivity index (χ1n) is 12.7. The minimum atomic E-state index is 0.778. The molecule has 0 spiro atoms. The van der Waals surface area contributed by atoms with Crippen molar-refractivity contribution in [1.82, 2.24) is 14.5 Å². The molecule has 0 aliphatic carbocycles. The van der Waals surface area contributed by atoms with Gasteiger partial charge in [0.25, 0.3) is 0 Å². The molecule has 0 N–H and O–H groups in total.